The third kappa shape index (κ3) is 4.17. The predicted octanol–water partition coefficient (Wildman–Crippen LogP) is 3.41. The Morgan fingerprint density at radius 2 is 2.04 bits per heavy atom. The molecule has 0 saturated carbocycles. The van der Waals surface area contributed by atoms with Crippen molar-refractivity contribution in [2.75, 3.05) is 26.1 Å². The molecule has 0 aliphatic carbocycles. The van der Waals surface area contributed by atoms with E-state index in [-0.39, 0.29) is 5.91 Å². The number of benzene rings is 1. The molecule has 0 unspecified atom stereocenters. The second-order valence-electron chi connectivity index (χ2n) is 4.74. The third-order valence-corrected chi connectivity index (χ3v) is 3.46. The molecule has 0 bridgehead atoms. The van der Waals surface area contributed by atoms with Crippen molar-refractivity contribution in [3.05, 3.63) is 53.7 Å². The summed E-state index contributed by atoms with van der Waals surface area (Å²) in [5, 5.41) is 6.25. The molecule has 1 aromatic heterocycles. The number of carbonyl (C=O) groups is 1. The van der Waals surface area contributed by atoms with E-state index in [2.05, 4.69) is 22.2 Å². The van der Waals surface area contributed by atoms with Gasteiger partial charge >= 0.3 is 0 Å². The summed E-state index contributed by atoms with van der Waals surface area (Å²) < 4.78 is 10.5. The first-order chi connectivity index (χ1) is 11.6. The maximum Gasteiger partial charge on any atom is 0.253 e. The van der Waals surface area contributed by atoms with Crippen LogP contribution in [-0.2, 0) is 0 Å². The van der Waals surface area contributed by atoms with Crippen LogP contribution < -0.4 is 20.1 Å². The second kappa shape index (κ2) is 8.21. The zero-order chi connectivity index (χ0) is 17.5. The van der Waals surface area contributed by atoms with Crippen molar-refractivity contribution in [3.63, 3.8) is 0 Å². The van der Waals surface area contributed by atoms with Crippen LogP contribution in [0.15, 0.2) is 43.1 Å². The van der Waals surface area contributed by atoms with Gasteiger partial charge in [0.15, 0.2) is 0 Å². The van der Waals surface area contributed by atoms with Gasteiger partial charge in [-0.1, -0.05) is 17.7 Å². The lowest BCUT2D eigenvalue weighted by Crippen LogP contribution is -2.23. The molecule has 2 N–H and O–H groups in total. The fourth-order valence-electron chi connectivity index (χ4n) is 1.97. The molecule has 0 fully saturated rings. The number of hydrogen-bond donors (Lipinski definition) is 2. The normalized spacial score (nSPS) is 9.96. The Balaban J connectivity index is 2.19. The van der Waals surface area contributed by atoms with Gasteiger partial charge in [-0.15, -0.1) is 6.58 Å². The van der Waals surface area contributed by atoms with Crippen molar-refractivity contribution in [1.29, 1.82) is 0 Å². The van der Waals surface area contributed by atoms with Gasteiger partial charge in [-0.3, -0.25) is 4.79 Å². The maximum absolute atomic E-state index is 11.8. The molecule has 0 radical (unpaired) electrons. The summed E-state index contributed by atoms with van der Waals surface area (Å²) in [4.78, 5) is 16.1. The standard InChI is InChI=1S/C17H18ClN3O3/c1-4-7-19-17(22)11-5-6-16(20-10-11)21-13-9-14(23-2)12(18)8-15(13)24-3/h4-6,8-10H,1,7H2,2-3H3,(H,19,22)(H,20,21). The molecule has 0 aliphatic heterocycles. The highest BCUT2D eigenvalue weighted by Gasteiger charge is 2.11. The Morgan fingerprint density at radius 3 is 2.62 bits per heavy atom. The summed E-state index contributed by atoms with van der Waals surface area (Å²) in [7, 11) is 3.08. The molecule has 2 rings (SSSR count). The van der Waals surface area contributed by atoms with Crippen LogP contribution in [0.3, 0.4) is 0 Å². The Labute approximate surface area is 145 Å². The van der Waals surface area contributed by atoms with E-state index in [1.165, 1.54) is 13.3 Å². The predicted molar refractivity (Wildman–Crippen MR) is 94.6 cm³/mol. The molecule has 0 aliphatic rings. The van der Waals surface area contributed by atoms with Gasteiger partial charge in [-0.25, -0.2) is 4.98 Å². The van der Waals surface area contributed by atoms with E-state index in [1.54, 1.807) is 37.5 Å². The molecule has 6 nitrogen and oxygen atoms in total. The molecule has 1 heterocycles. The number of halogens is 1. The molecule has 0 saturated heterocycles. The third-order valence-electron chi connectivity index (χ3n) is 3.17. The van der Waals surface area contributed by atoms with Crippen LogP contribution in [-0.4, -0.2) is 31.7 Å². The zero-order valence-electron chi connectivity index (χ0n) is 13.4. The quantitative estimate of drug-likeness (QED) is 0.751. The lowest BCUT2D eigenvalue weighted by atomic mass is 10.2. The number of anilines is 2. The number of carbonyl (C=O) groups excluding carboxylic acids is 1. The molecule has 1 amide bonds. The number of rotatable bonds is 7. The number of aromatic nitrogens is 1. The van der Waals surface area contributed by atoms with Gasteiger partial charge in [-0.05, 0) is 12.1 Å². The van der Waals surface area contributed by atoms with Crippen molar-refractivity contribution < 1.29 is 14.3 Å². The Morgan fingerprint density at radius 1 is 1.29 bits per heavy atom. The molecule has 1 aromatic carbocycles. The van der Waals surface area contributed by atoms with E-state index in [9.17, 15) is 4.79 Å². The number of amides is 1. The first-order valence-corrected chi connectivity index (χ1v) is 7.50. The smallest absolute Gasteiger partial charge is 0.253 e. The SMILES string of the molecule is C=CCNC(=O)c1ccc(Nc2cc(OC)c(Cl)cc2OC)nc1. The summed E-state index contributed by atoms with van der Waals surface area (Å²) in [5.41, 5.74) is 1.11. The summed E-state index contributed by atoms with van der Waals surface area (Å²) >= 11 is 6.08. The summed E-state index contributed by atoms with van der Waals surface area (Å²) in [5.74, 6) is 1.41. The van der Waals surface area contributed by atoms with Crippen molar-refractivity contribution in [3.8, 4) is 11.5 Å². The van der Waals surface area contributed by atoms with Gasteiger partial charge in [-0.2, -0.15) is 0 Å². The lowest BCUT2D eigenvalue weighted by molar-refractivity contribution is 0.0957. The van der Waals surface area contributed by atoms with Crippen LogP contribution in [0.1, 0.15) is 10.4 Å². The minimum Gasteiger partial charge on any atom is -0.495 e. The molecule has 2 aromatic rings. The average Bonchev–Trinajstić information content (AvgIpc) is 2.61. The molecule has 24 heavy (non-hydrogen) atoms. The van der Waals surface area contributed by atoms with Gasteiger partial charge in [0, 0.05) is 24.9 Å². The highest BCUT2D eigenvalue weighted by atomic mass is 35.5. The van der Waals surface area contributed by atoms with Crippen molar-refractivity contribution in [1.82, 2.24) is 10.3 Å². The molecular weight excluding hydrogens is 330 g/mol. The van der Waals surface area contributed by atoms with Crippen molar-refractivity contribution >= 4 is 29.0 Å². The van der Waals surface area contributed by atoms with Crippen molar-refractivity contribution in [2.45, 2.75) is 0 Å². The van der Waals surface area contributed by atoms with Crippen molar-refractivity contribution in [2.24, 2.45) is 0 Å². The van der Waals surface area contributed by atoms with Crippen LogP contribution >= 0.6 is 11.6 Å². The minimum atomic E-state index is -0.209. The van der Waals surface area contributed by atoms with Gasteiger partial charge in [0.1, 0.15) is 17.3 Å². The highest BCUT2D eigenvalue weighted by Crippen LogP contribution is 2.37. The van der Waals surface area contributed by atoms with Gasteiger partial charge < -0.3 is 20.1 Å². The summed E-state index contributed by atoms with van der Waals surface area (Å²) in [6.45, 7) is 3.96. The Bertz CT molecular complexity index is 733. The zero-order valence-corrected chi connectivity index (χ0v) is 14.2. The summed E-state index contributed by atoms with van der Waals surface area (Å²) in [6.07, 6.45) is 3.10. The monoisotopic (exact) mass is 347 g/mol. The van der Waals surface area contributed by atoms with Crippen LogP contribution in [0.2, 0.25) is 5.02 Å². The Hall–Kier alpha value is -2.73. The first-order valence-electron chi connectivity index (χ1n) is 7.12. The number of hydrogen-bond acceptors (Lipinski definition) is 5. The highest BCUT2D eigenvalue weighted by molar-refractivity contribution is 6.32. The number of methoxy groups -OCH3 is 2. The van der Waals surface area contributed by atoms with E-state index in [4.69, 9.17) is 21.1 Å². The van der Waals surface area contributed by atoms with E-state index < -0.39 is 0 Å². The first kappa shape index (κ1) is 17.6. The van der Waals surface area contributed by atoms with Crippen LogP contribution in [0.5, 0.6) is 11.5 Å². The number of nitrogens with zero attached hydrogens (tertiary/aromatic N) is 1. The fraction of sp³-hybridized carbons (Fsp3) is 0.176. The largest absolute Gasteiger partial charge is 0.495 e. The molecule has 126 valence electrons. The van der Waals surface area contributed by atoms with Gasteiger partial charge in [0.05, 0.1) is 30.5 Å². The number of pyridine rings is 1. The molecule has 0 spiro atoms. The maximum atomic E-state index is 11.8. The molecule has 0 atom stereocenters. The minimum absolute atomic E-state index is 0.209. The topological polar surface area (TPSA) is 72.5 Å². The summed E-state index contributed by atoms with van der Waals surface area (Å²) in [6, 6.07) is 6.74. The van der Waals surface area contributed by atoms with Crippen LogP contribution in [0.25, 0.3) is 0 Å². The number of ether oxygens (including phenoxy) is 2. The van der Waals surface area contributed by atoms with Gasteiger partial charge in [0.2, 0.25) is 0 Å². The molecular formula is C17H18ClN3O3. The lowest BCUT2D eigenvalue weighted by Gasteiger charge is -2.13. The number of nitrogens with one attached hydrogen (secondary N) is 2. The fourth-order valence-corrected chi connectivity index (χ4v) is 2.20. The van der Waals surface area contributed by atoms with E-state index in [1.807, 2.05) is 0 Å². The van der Waals surface area contributed by atoms with Gasteiger partial charge in [0.25, 0.3) is 5.91 Å². The average molecular weight is 348 g/mol. The Kier molecular flexibility index (Phi) is 6.03. The van der Waals surface area contributed by atoms with E-state index in [0.29, 0.717) is 40.1 Å². The molecule has 7 heteroatoms. The van der Waals surface area contributed by atoms with E-state index >= 15 is 0 Å². The van der Waals surface area contributed by atoms with Crippen LogP contribution in [0, 0.1) is 0 Å². The van der Waals surface area contributed by atoms with E-state index in [0.717, 1.165) is 0 Å². The van der Waals surface area contributed by atoms with Crippen LogP contribution in [0.4, 0.5) is 11.5 Å². The second-order valence-corrected chi connectivity index (χ2v) is 5.15.